The maximum atomic E-state index is 12.0. The second-order valence-electron chi connectivity index (χ2n) is 5.03. The van der Waals surface area contributed by atoms with E-state index in [2.05, 4.69) is 10.3 Å². The quantitative estimate of drug-likeness (QED) is 0.690. The predicted molar refractivity (Wildman–Crippen MR) is 99.7 cm³/mol. The highest BCUT2D eigenvalue weighted by molar-refractivity contribution is 7.14. The highest BCUT2D eigenvalue weighted by atomic mass is 35.5. The smallest absolute Gasteiger partial charge is 0.264 e. The van der Waals surface area contributed by atoms with Crippen LogP contribution in [0.2, 0.25) is 5.02 Å². The Morgan fingerprint density at radius 3 is 2.72 bits per heavy atom. The van der Waals surface area contributed by atoms with Crippen molar-refractivity contribution in [2.75, 3.05) is 19.0 Å². The molecule has 1 aromatic heterocycles. The van der Waals surface area contributed by atoms with Crippen molar-refractivity contribution in [1.82, 2.24) is 4.98 Å². The number of hydrogen-bond acceptors (Lipinski definition) is 5. The van der Waals surface area contributed by atoms with Gasteiger partial charge in [-0.3, -0.25) is 10.1 Å². The molecule has 128 valence electrons. The van der Waals surface area contributed by atoms with Crippen molar-refractivity contribution in [3.63, 3.8) is 0 Å². The SMILES string of the molecule is COc1ccccc1-c1csc(NC(=O)COc2ccc(Cl)cc2)n1. The van der Waals surface area contributed by atoms with Crippen molar-refractivity contribution < 1.29 is 14.3 Å². The number of benzene rings is 2. The van der Waals surface area contributed by atoms with Crippen molar-refractivity contribution in [3.05, 3.63) is 58.9 Å². The van der Waals surface area contributed by atoms with Crippen LogP contribution in [0.4, 0.5) is 5.13 Å². The number of thiazole rings is 1. The Kier molecular flexibility index (Phi) is 5.53. The molecule has 1 N–H and O–H groups in total. The molecule has 1 amide bonds. The van der Waals surface area contributed by atoms with Crippen molar-refractivity contribution in [3.8, 4) is 22.8 Å². The average molecular weight is 375 g/mol. The second kappa shape index (κ2) is 8.00. The molecule has 7 heteroatoms. The van der Waals surface area contributed by atoms with Gasteiger partial charge < -0.3 is 9.47 Å². The fourth-order valence-corrected chi connectivity index (χ4v) is 3.00. The molecular weight excluding hydrogens is 360 g/mol. The third kappa shape index (κ3) is 4.49. The zero-order valence-electron chi connectivity index (χ0n) is 13.4. The van der Waals surface area contributed by atoms with E-state index in [9.17, 15) is 4.79 Å². The molecule has 0 unspecified atom stereocenters. The van der Waals surface area contributed by atoms with E-state index in [0.717, 1.165) is 17.0 Å². The van der Waals surface area contributed by atoms with Crippen LogP contribution in [0.25, 0.3) is 11.3 Å². The van der Waals surface area contributed by atoms with Gasteiger partial charge in [0, 0.05) is 16.0 Å². The maximum Gasteiger partial charge on any atom is 0.264 e. The van der Waals surface area contributed by atoms with Crippen molar-refractivity contribution in [2.45, 2.75) is 0 Å². The molecule has 3 rings (SSSR count). The highest BCUT2D eigenvalue weighted by Crippen LogP contribution is 2.31. The topological polar surface area (TPSA) is 60.5 Å². The normalized spacial score (nSPS) is 10.3. The van der Waals surface area contributed by atoms with E-state index < -0.39 is 0 Å². The van der Waals surface area contributed by atoms with Gasteiger partial charge in [-0.1, -0.05) is 23.7 Å². The first-order valence-corrected chi connectivity index (χ1v) is 8.68. The zero-order chi connectivity index (χ0) is 17.6. The Balaban J connectivity index is 1.61. The van der Waals surface area contributed by atoms with Gasteiger partial charge >= 0.3 is 0 Å². The number of carbonyl (C=O) groups excluding carboxylic acids is 1. The molecule has 25 heavy (non-hydrogen) atoms. The van der Waals surface area contributed by atoms with Crippen molar-refractivity contribution in [1.29, 1.82) is 0 Å². The molecule has 5 nitrogen and oxygen atoms in total. The summed E-state index contributed by atoms with van der Waals surface area (Å²) in [6.07, 6.45) is 0. The van der Waals surface area contributed by atoms with Crippen LogP contribution in [0.5, 0.6) is 11.5 Å². The van der Waals surface area contributed by atoms with Gasteiger partial charge in [0.25, 0.3) is 5.91 Å². The molecule has 2 aromatic carbocycles. The Hall–Kier alpha value is -2.57. The van der Waals surface area contributed by atoms with Gasteiger partial charge in [0.05, 0.1) is 12.8 Å². The molecule has 0 radical (unpaired) electrons. The molecule has 0 saturated carbocycles. The standard InChI is InChI=1S/C18H15ClN2O3S/c1-23-16-5-3-2-4-14(16)15-11-25-18(20-15)21-17(22)10-24-13-8-6-12(19)7-9-13/h2-9,11H,10H2,1H3,(H,20,21,22). The summed E-state index contributed by atoms with van der Waals surface area (Å²) in [6.45, 7) is -0.106. The third-order valence-corrected chi connectivity index (χ3v) is 4.33. The van der Waals surface area contributed by atoms with E-state index in [1.165, 1.54) is 11.3 Å². The maximum absolute atomic E-state index is 12.0. The Morgan fingerprint density at radius 2 is 1.96 bits per heavy atom. The Morgan fingerprint density at radius 1 is 1.20 bits per heavy atom. The number of aromatic nitrogens is 1. The van der Waals surface area contributed by atoms with Gasteiger partial charge in [-0.05, 0) is 36.4 Å². The molecule has 0 bridgehead atoms. The number of nitrogens with zero attached hydrogens (tertiary/aromatic N) is 1. The van der Waals surface area contributed by atoms with E-state index in [1.54, 1.807) is 31.4 Å². The first kappa shape index (κ1) is 17.3. The first-order chi connectivity index (χ1) is 12.2. The van der Waals surface area contributed by atoms with Crippen LogP contribution in [0.1, 0.15) is 0 Å². The molecule has 0 aliphatic rings. The minimum absolute atomic E-state index is 0.106. The fraction of sp³-hybridized carbons (Fsp3) is 0.111. The molecule has 0 aliphatic carbocycles. The molecule has 0 spiro atoms. The van der Waals surface area contributed by atoms with Gasteiger partial charge in [0.1, 0.15) is 11.5 Å². The van der Waals surface area contributed by atoms with Gasteiger partial charge in [0.2, 0.25) is 0 Å². The summed E-state index contributed by atoms with van der Waals surface area (Å²) in [7, 11) is 1.61. The number of halogens is 1. The number of methoxy groups -OCH3 is 1. The van der Waals surface area contributed by atoms with Crippen molar-refractivity contribution in [2.24, 2.45) is 0 Å². The van der Waals surface area contributed by atoms with E-state index >= 15 is 0 Å². The summed E-state index contributed by atoms with van der Waals surface area (Å²) in [5, 5.41) is 5.72. The monoisotopic (exact) mass is 374 g/mol. The van der Waals surface area contributed by atoms with Crippen LogP contribution in [-0.4, -0.2) is 24.6 Å². The molecule has 0 aliphatic heterocycles. The lowest BCUT2D eigenvalue weighted by atomic mass is 10.1. The Bertz CT molecular complexity index is 865. The van der Waals surface area contributed by atoms with Gasteiger partial charge in [-0.2, -0.15) is 0 Å². The molecular formula is C18H15ClN2O3S. The summed E-state index contributed by atoms with van der Waals surface area (Å²) in [5.74, 6) is 1.03. The summed E-state index contributed by atoms with van der Waals surface area (Å²) in [5.41, 5.74) is 1.62. The zero-order valence-corrected chi connectivity index (χ0v) is 14.9. The largest absolute Gasteiger partial charge is 0.496 e. The van der Waals surface area contributed by atoms with Crippen LogP contribution in [0.15, 0.2) is 53.9 Å². The van der Waals surface area contributed by atoms with Crippen LogP contribution >= 0.6 is 22.9 Å². The molecule has 3 aromatic rings. The third-order valence-electron chi connectivity index (χ3n) is 3.32. The fourth-order valence-electron chi connectivity index (χ4n) is 2.15. The Labute approximate surface area is 154 Å². The van der Waals surface area contributed by atoms with E-state index in [-0.39, 0.29) is 12.5 Å². The second-order valence-corrected chi connectivity index (χ2v) is 6.32. The summed E-state index contributed by atoms with van der Waals surface area (Å²) in [4.78, 5) is 16.4. The van der Waals surface area contributed by atoms with Gasteiger partial charge in [-0.25, -0.2) is 4.98 Å². The van der Waals surface area contributed by atoms with E-state index in [4.69, 9.17) is 21.1 Å². The first-order valence-electron chi connectivity index (χ1n) is 7.43. The molecule has 0 fully saturated rings. The minimum Gasteiger partial charge on any atom is -0.496 e. The number of amides is 1. The van der Waals surface area contributed by atoms with Crippen LogP contribution in [0.3, 0.4) is 0 Å². The number of hydrogen-bond donors (Lipinski definition) is 1. The number of carbonyl (C=O) groups is 1. The molecule has 0 saturated heterocycles. The number of nitrogens with one attached hydrogen (secondary N) is 1. The number of rotatable bonds is 6. The van der Waals surface area contributed by atoms with E-state index in [0.29, 0.717) is 15.9 Å². The predicted octanol–water partition coefficient (Wildman–Crippen LogP) is 4.49. The summed E-state index contributed by atoms with van der Waals surface area (Å²) < 4.78 is 10.7. The highest BCUT2D eigenvalue weighted by Gasteiger charge is 2.11. The molecule has 0 atom stereocenters. The van der Waals surface area contributed by atoms with Crippen LogP contribution in [0, 0.1) is 0 Å². The summed E-state index contributed by atoms with van der Waals surface area (Å²) in [6, 6.07) is 14.4. The van der Waals surface area contributed by atoms with Crippen LogP contribution in [-0.2, 0) is 4.79 Å². The number of anilines is 1. The van der Waals surface area contributed by atoms with Gasteiger partial charge in [-0.15, -0.1) is 11.3 Å². The average Bonchev–Trinajstić information content (AvgIpc) is 3.09. The number of ether oxygens (including phenoxy) is 2. The van der Waals surface area contributed by atoms with Gasteiger partial charge in [0.15, 0.2) is 11.7 Å². The van der Waals surface area contributed by atoms with Crippen molar-refractivity contribution >= 4 is 34.0 Å². The van der Waals surface area contributed by atoms with E-state index in [1.807, 2.05) is 29.6 Å². The lowest BCUT2D eigenvalue weighted by molar-refractivity contribution is -0.118. The molecule has 1 heterocycles. The lowest BCUT2D eigenvalue weighted by Gasteiger charge is -2.06. The number of para-hydroxylation sites is 1. The van der Waals surface area contributed by atoms with Crippen LogP contribution < -0.4 is 14.8 Å². The minimum atomic E-state index is -0.282. The lowest BCUT2D eigenvalue weighted by Crippen LogP contribution is -2.20. The summed E-state index contributed by atoms with van der Waals surface area (Å²) >= 11 is 7.15.